The zero-order valence-electron chi connectivity index (χ0n) is 26.7. The van der Waals surface area contributed by atoms with E-state index in [-0.39, 0.29) is 17.7 Å². The highest BCUT2D eigenvalue weighted by molar-refractivity contribution is 6.05. The highest BCUT2D eigenvalue weighted by Crippen LogP contribution is 2.49. The van der Waals surface area contributed by atoms with Crippen molar-refractivity contribution >= 4 is 23.2 Å². The summed E-state index contributed by atoms with van der Waals surface area (Å²) in [6, 6.07) is 19.9. The second kappa shape index (κ2) is 12.7. The van der Waals surface area contributed by atoms with E-state index in [0.717, 1.165) is 69.9 Å². The lowest BCUT2D eigenvalue weighted by Gasteiger charge is -2.51. The van der Waals surface area contributed by atoms with Gasteiger partial charge in [-0.15, -0.1) is 0 Å². The van der Waals surface area contributed by atoms with E-state index in [9.17, 15) is 22.8 Å². The molecule has 2 atom stereocenters. The molecule has 3 heterocycles. The van der Waals surface area contributed by atoms with Gasteiger partial charge in [-0.05, 0) is 100 Å². The fourth-order valence-electron chi connectivity index (χ4n) is 7.31. The Morgan fingerprint density at radius 2 is 1.52 bits per heavy atom. The smallest absolute Gasteiger partial charge is 0.369 e. The first-order valence-electron chi connectivity index (χ1n) is 16.1. The van der Waals surface area contributed by atoms with E-state index in [4.69, 9.17) is 0 Å². The molecule has 2 fully saturated rings. The van der Waals surface area contributed by atoms with Crippen molar-refractivity contribution < 1.29 is 22.8 Å². The molecule has 1 N–H and O–H groups in total. The lowest BCUT2D eigenvalue weighted by Crippen LogP contribution is -2.59. The number of nitrogens with zero attached hydrogens (tertiary/aromatic N) is 4. The molecule has 0 unspecified atom stereocenters. The number of likely N-dealkylation sites (tertiary alicyclic amines) is 1. The van der Waals surface area contributed by atoms with E-state index in [1.54, 1.807) is 29.2 Å². The monoisotopic (exact) mass is 633 g/mol. The Balaban J connectivity index is 1.41. The SMILES string of the molecule is CN1CCC(CN2C(=O)c3ccccc3[C@@H](C(=O)Nc3cccc(N4CCN(C)CC4)c3)[C@@]2(C)c2ccc(C(F)(F)F)cc2)CC1. The topological polar surface area (TPSA) is 59.1 Å². The number of fused-ring (bicyclic) bond motifs is 1. The zero-order chi connectivity index (χ0) is 32.6. The van der Waals surface area contributed by atoms with Gasteiger partial charge in [0.05, 0.1) is 17.0 Å². The highest BCUT2D eigenvalue weighted by atomic mass is 19.4. The summed E-state index contributed by atoms with van der Waals surface area (Å²) >= 11 is 0. The number of likely N-dealkylation sites (N-methyl/N-ethyl adjacent to an activating group) is 1. The van der Waals surface area contributed by atoms with Gasteiger partial charge in [0, 0.05) is 49.7 Å². The molecular formula is C36H42F3N5O2. The van der Waals surface area contributed by atoms with E-state index >= 15 is 0 Å². The minimum atomic E-state index is -4.51. The van der Waals surface area contributed by atoms with E-state index in [0.29, 0.717) is 28.9 Å². The molecule has 6 rings (SSSR count). The van der Waals surface area contributed by atoms with Gasteiger partial charge in [-0.1, -0.05) is 36.4 Å². The summed E-state index contributed by atoms with van der Waals surface area (Å²) in [6.45, 7) is 7.68. The second-order valence-corrected chi connectivity index (χ2v) is 13.2. The van der Waals surface area contributed by atoms with Crippen molar-refractivity contribution in [1.29, 1.82) is 0 Å². The molecule has 0 spiro atoms. The molecule has 7 nitrogen and oxygen atoms in total. The predicted molar refractivity (Wildman–Crippen MR) is 174 cm³/mol. The van der Waals surface area contributed by atoms with Crippen molar-refractivity contribution in [2.75, 3.05) is 70.1 Å². The van der Waals surface area contributed by atoms with Crippen LogP contribution in [0.5, 0.6) is 0 Å². The number of benzene rings is 3. The van der Waals surface area contributed by atoms with Crippen LogP contribution in [0.2, 0.25) is 0 Å². The van der Waals surface area contributed by atoms with Crippen molar-refractivity contribution in [1.82, 2.24) is 14.7 Å². The van der Waals surface area contributed by atoms with E-state index in [2.05, 4.69) is 34.1 Å². The van der Waals surface area contributed by atoms with Crippen LogP contribution in [0.3, 0.4) is 0 Å². The maximum atomic E-state index is 14.6. The van der Waals surface area contributed by atoms with Gasteiger partial charge >= 0.3 is 6.18 Å². The molecule has 0 bridgehead atoms. The number of rotatable bonds is 6. The van der Waals surface area contributed by atoms with Crippen LogP contribution in [-0.4, -0.2) is 86.4 Å². The van der Waals surface area contributed by atoms with Crippen LogP contribution in [0.25, 0.3) is 0 Å². The number of carbonyl (C=O) groups is 2. The maximum absolute atomic E-state index is 14.6. The van der Waals surface area contributed by atoms with Gasteiger partial charge in [-0.2, -0.15) is 13.2 Å². The number of amides is 2. The van der Waals surface area contributed by atoms with Crippen LogP contribution in [-0.2, 0) is 16.5 Å². The number of anilines is 2. The Bertz CT molecular complexity index is 1560. The standard InChI is InChI=1S/C36H42F3N5O2/c1-35(26-11-13-27(14-12-26)36(37,38)39)32(33(45)40-28-7-6-8-29(23-28)43-21-19-42(3)20-22-43)30-9-4-5-10-31(30)34(46)44(35)24-25-15-17-41(2)18-16-25/h4-14,23,25,32H,15-22,24H2,1-3H3,(H,40,45)/t32-,35+/m0/s1. The number of hydrogen-bond donors (Lipinski definition) is 1. The Hall–Kier alpha value is -3.89. The van der Waals surface area contributed by atoms with Gasteiger partial charge in [0.15, 0.2) is 0 Å². The summed E-state index contributed by atoms with van der Waals surface area (Å²) in [5.41, 5.74) is 1.13. The summed E-state index contributed by atoms with van der Waals surface area (Å²) < 4.78 is 40.9. The van der Waals surface area contributed by atoms with E-state index in [1.807, 2.05) is 31.2 Å². The first-order chi connectivity index (χ1) is 21.9. The number of piperazine rings is 1. The van der Waals surface area contributed by atoms with Gasteiger partial charge in [-0.3, -0.25) is 9.59 Å². The van der Waals surface area contributed by atoms with Crippen LogP contribution in [0, 0.1) is 5.92 Å². The molecule has 2 saturated heterocycles. The summed E-state index contributed by atoms with van der Waals surface area (Å²) in [7, 11) is 4.17. The van der Waals surface area contributed by atoms with Crippen LogP contribution >= 0.6 is 0 Å². The molecule has 0 aromatic heterocycles. The normalized spacial score (nSPS) is 23.3. The second-order valence-electron chi connectivity index (χ2n) is 13.2. The summed E-state index contributed by atoms with van der Waals surface area (Å²) in [4.78, 5) is 37.5. The fraction of sp³-hybridized carbons (Fsp3) is 0.444. The minimum absolute atomic E-state index is 0.197. The van der Waals surface area contributed by atoms with Crippen molar-refractivity contribution in [3.8, 4) is 0 Å². The molecule has 3 aromatic carbocycles. The molecule has 0 aliphatic carbocycles. The number of halogens is 3. The molecule has 0 saturated carbocycles. The number of piperidine rings is 1. The third kappa shape index (κ3) is 6.25. The van der Waals surface area contributed by atoms with E-state index < -0.39 is 23.2 Å². The van der Waals surface area contributed by atoms with Crippen LogP contribution in [0.15, 0.2) is 72.8 Å². The zero-order valence-corrected chi connectivity index (χ0v) is 26.7. The summed E-state index contributed by atoms with van der Waals surface area (Å²) in [5, 5.41) is 3.15. The summed E-state index contributed by atoms with van der Waals surface area (Å²) in [6.07, 6.45) is -2.73. The molecule has 3 aliphatic heterocycles. The first-order valence-corrected chi connectivity index (χ1v) is 16.1. The largest absolute Gasteiger partial charge is 0.416 e. The molecule has 3 aromatic rings. The van der Waals surface area contributed by atoms with Crippen molar-refractivity contribution in [3.05, 3.63) is 95.1 Å². The summed E-state index contributed by atoms with van der Waals surface area (Å²) in [5.74, 6) is -1.20. The third-order valence-electron chi connectivity index (χ3n) is 10.2. The molecule has 244 valence electrons. The lowest BCUT2D eigenvalue weighted by atomic mass is 9.69. The first kappa shape index (κ1) is 32.1. The van der Waals surface area contributed by atoms with Gasteiger partial charge in [0.1, 0.15) is 0 Å². The average molecular weight is 634 g/mol. The third-order valence-corrected chi connectivity index (χ3v) is 10.2. The van der Waals surface area contributed by atoms with Gasteiger partial charge < -0.3 is 24.9 Å². The Morgan fingerprint density at radius 3 is 2.20 bits per heavy atom. The van der Waals surface area contributed by atoms with Crippen LogP contribution < -0.4 is 10.2 Å². The molecule has 46 heavy (non-hydrogen) atoms. The van der Waals surface area contributed by atoms with Crippen molar-refractivity contribution in [2.45, 2.75) is 37.4 Å². The van der Waals surface area contributed by atoms with Gasteiger partial charge in [-0.25, -0.2) is 0 Å². The van der Waals surface area contributed by atoms with Crippen molar-refractivity contribution in [3.63, 3.8) is 0 Å². The van der Waals surface area contributed by atoms with Crippen LogP contribution in [0.4, 0.5) is 24.5 Å². The maximum Gasteiger partial charge on any atom is 0.416 e. The minimum Gasteiger partial charge on any atom is -0.369 e. The number of carbonyl (C=O) groups excluding carboxylic acids is 2. The molecule has 3 aliphatic rings. The lowest BCUT2D eigenvalue weighted by molar-refractivity contribution is -0.137. The Morgan fingerprint density at radius 1 is 0.870 bits per heavy atom. The number of nitrogens with one attached hydrogen (secondary N) is 1. The molecule has 0 radical (unpaired) electrons. The average Bonchev–Trinajstić information content (AvgIpc) is 3.04. The molecule has 10 heteroatoms. The molecular weight excluding hydrogens is 591 g/mol. The molecule has 2 amide bonds. The van der Waals surface area contributed by atoms with Gasteiger partial charge in [0.25, 0.3) is 5.91 Å². The fourth-order valence-corrected chi connectivity index (χ4v) is 7.31. The Kier molecular flexibility index (Phi) is 8.87. The number of hydrogen-bond acceptors (Lipinski definition) is 5. The number of alkyl halides is 3. The van der Waals surface area contributed by atoms with E-state index in [1.165, 1.54) is 12.1 Å². The highest BCUT2D eigenvalue weighted by Gasteiger charge is 2.53. The predicted octanol–water partition coefficient (Wildman–Crippen LogP) is 5.89. The van der Waals surface area contributed by atoms with Gasteiger partial charge in [0.2, 0.25) is 5.91 Å². The van der Waals surface area contributed by atoms with Crippen molar-refractivity contribution in [2.24, 2.45) is 5.92 Å². The quantitative estimate of drug-likeness (QED) is 0.367. The Labute approximate surface area is 269 Å². The van der Waals surface area contributed by atoms with Crippen LogP contribution in [0.1, 0.15) is 52.7 Å².